The second-order valence-corrected chi connectivity index (χ2v) is 4.67. The quantitative estimate of drug-likeness (QED) is 0.786. The van der Waals surface area contributed by atoms with E-state index in [9.17, 15) is 14.7 Å². The molecular weight excluding hydrogens is 300 g/mol. The number of halogens is 1. The van der Waals surface area contributed by atoms with Crippen molar-refractivity contribution in [2.75, 3.05) is 6.54 Å². The van der Waals surface area contributed by atoms with E-state index in [1.807, 2.05) is 0 Å². The average Bonchev–Trinajstić information content (AvgIpc) is 2.28. The molecule has 0 radical (unpaired) electrons. The van der Waals surface area contributed by atoms with Crippen molar-refractivity contribution in [3.05, 3.63) is 28.2 Å². The van der Waals surface area contributed by atoms with Gasteiger partial charge in [-0.3, -0.25) is 9.59 Å². The van der Waals surface area contributed by atoms with Crippen LogP contribution in [0.4, 0.5) is 0 Å². The van der Waals surface area contributed by atoms with Crippen LogP contribution >= 0.6 is 15.9 Å². The molecule has 0 fully saturated rings. The smallest absolute Gasteiger partial charge is 0.255 e. The van der Waals surface area contributed by atoms with E-state index in [1.165, 1.54) is 12.1 Å². The van der Waals surface area contributed by atoms with E-state index in [2.05, 4.69) is 26.6 Å². The summed E-state index contributed by atoms with van der Waals surface area (Å²) in [5, 5.41) is 14.7. The Bertz CT molecular complexity index is 463. The molecule has 18 heavy (non-hydrogen) atoms. The molecule has 6 heteroatoms. The van der Waals surface area contributed by atoms with Gasteiger partial charge in [0.05, 0.1) is 5.56 Å². The second-order valence-electron chi connectivity index (χ2n) is 3.75. The third-order valence-corrected chi connectivity index (χ3v) is 2.79. The summed E-state index contributed by atoms with van der Waals surface area (Å²) in [6.07, 6.45) is 0. The van der Waals surface area contributed by atoms with Crippen molar-refractivity contribution >= 4 is 27.7 Å². The zero-order chi connectivity index (χ0) is 13.7. The van der Waals surface area contributed by atoms with Gasteiger partial charge < -0.3 is 15.7 Å². The number of benzene rings is 1. The van der Waals surface area contributed by atoms with Gasteiger partial charge in [0.25, 0.3) is 5.91 Å². The fourth-order valence-corrected chi connectivity index (χ4v) is 1.71. The van der Waals surface area contributed by atoms with Crippen molar-refractivity contribution in [2.24, 2.45) is 0 Å². The fraction of sp³-hybridized carbons (Fsp3) is 0.333. The number of hydrogen-bond donors (Lipinski definition) is 3. The summed E-state index contributed by atoms with van der Waals surface area (Å²) in [6.45, 7) is 3.88. The number of phenolic OH excluding ortho intramolecular Hbond substituents is 1. The van der Waals surface area contributed by atoms with Gasteiger partial charge in [-0.2, -0.15) is 0 Å². The number of likely N-dealkylation sites (N-methyl/N-ethyl adjacent to an activating group) is 1. The standard InChI is InChI=1S/C12H15BrN2O3/c1-3-14-11(17)7(2)15-12(18)9-5-4-8(13)6-10(9)16/h4-7,16H,3H2,1-2H3,(H,14,17)(H,15,18). The maximum atomic E-state index is 11.8. The Morgan fingerprint density at radius 2 is 2.11 bits per heavy atom. The van der Waals surface area contributed by atoms with Gasteiger partial charge >= 0.3 is 0 Å². The Hall–Kier alpha value is -1.56. The Balaban J connectivity index is 2.73. The van der Waals surface area contributed by atoms with Crippen LogP contribution in [-0.4, -0.2) is 29.5 Å². The highest BCUT2D eigenvalue weighted by Gasteiger charge is 2.17. The van der Waals surface area contributed by atoms with Gasteiger partial charge in [0.2, 0.25) is 5.91 Å². The van der Waals surface area contributed by atoms with E-state index in [1.54, 1.807) is 19.9 Å². The molecule has 0 saturated heterocycles. The van der Waals surface area contributed by atoms with E-state index in [0.717, 1.165) is 0 Å². The monoisotopic (exact) mass is 314 g/mol. The first kappa shape index (κ1) is 14.5. The second kappa shape index (κ2) is 6.39. The summed E-state index contributed by atoms with van der Waals surface area (Å²) in [6, 6.07) is 3.90. The van der Waals surface area contributed by atoms with E-state index in [0.29, 0.717) is 11.0 Å². The zero-order valence-electron chi connectivity index (χ0n) is 10.2. The van der Waals surface area contributed by atoms with Gasteiger partial charge in [0.15, 0.2) is 0 Å². The van der Waals surface area contributed by atoms with E-state index >= 15 is 0 Å². The summed E-state index contributed by atoms with van der Waals surface area (Å²) >= 11 is 3.18. The molecular formula is C12H15BrN2O3. The van der Waals surface area contributed by atoms with Gasteiger partial charge in [0, 0.05) is 11.0 Å². The number of hydrogen-bond acceptors (Lipinski definition) is 3. The van der Waals surface area contributed by atoms with Crippen molar-refractivity contribution in [1.82, 2.24) is 10.6 Å². The van der Waals surface area contributed by atoms with Crippen LogP contribution in [0, 0.1) is 0 Å². The molecule has 0 aromatic heterocycles. The molecule has 0 heterocycles. The highest BCUT2D eigenvalue weighted by molar-refractivity contribution is 9.10. The van der Waals surface area contributed by atoms with Gasteiger partial charge in [-0.05, 0) is 32.0 Å². The minimum absolute atomic E-state index is 0.134. The van der Waals surface area contributed by atoms with Crippen molar-refractivity contribution in [1.29, 1.82) is 0 Å². The number of carbonyl (C=O) groups is 2. The van der Waals surface area contributed by atoms with Gasteiger partial charge in [-0.15, -0.1) is 0 Å². The first-order valence-electron chi connectivity index (χ1n) is 5.52. The number of nitrogens with one attached hydrogen (secondary N) is 2. The Labute approximate surface area is 114 Å². The molecule has 0 spiro atoms. The highest BCUT2D eigenvalue weighted by atomic mass is 79.9. The molecule has 98 valence electrons. The van der Waals surface area contributed by atoms with Crippen LogP contribution < -0.4 is 10.6 Å². The predicted octanol–water partition coefficient (Wildman–Crippen LogP) is 1.41. The van der Waals surface area contributed by atoms with Crippen LogP contribution in [0.3, 0.4) is 0 Å². The summed E-state index contributed by atoms with van der Waals surface area (Å²) < 4.78 is 0.674. The van der Waals surface area contributed by atoms with Crippen molar-refractivity contribution in [3.8, 4) is 5.75 Å². The van der Waals surface area contributed by atoms with Crippen LogP contribution in [0.15, 0.2) is 22.7 Å². The predicted molar refractivity (Wildman–Crippen MR) is 71.4 cm³/mol. The molecule has 0 bridgehead atoms. The lowest BCUT2D eigenvalue weighted by Gasteiger charge is -2.13. The normalized spacial score (nSPS) is 11.7. The molecule has 1 aromatic carbocycles. The van der Waals surface area contributed by atoms with Gasteiger partial charge in [0.1, 0.15) is 11.8 Å². The molecule has 1 aromatic rings. The molecule has 0 aliphatic rings. The lowest BCUT2D eigenvalue weighted by Crippen LogP contribution is -2.44. The summed E-state index contributed by atoms with van der Waals surface area (Å²) in [7, 11) is 0. The Morgan fingerprint density at radius 3 is 2.67 bits per heavy atom. The molecule has 1 atom stereocenters. The van der Waals surface area contributed by atoms with Crippen LogP contribution in [0.5, 0.6) is 5.75 Å². The van der Waals surface area contributed by atoms with Gasteiger partial charge in [-0.1, -0.05) is 15.9 Å². The van der Waals surface area contributed by atoms with Crippen LogP contribution in [0.25, 0.3) is 0 Å². The maximum Gasteiger partial charge on any atom is 0.255 e. The first-order valence-corrected chi connectivity index (χ1v) is 6.32. The zero-order valence-corrected chi connectivity index (χ0v) is 11.7. The highest BCUT2D eigenvalue weighted by Crippen LogP contribution is 2.22. The third kappa shape index (κ3) is 3.73. The fourth-order valence-electron chi connectivity index (χ4n) is 1.36. The third-order valence-electron chi connectivity index (χ3n) is 2.30. The van der Waals surface area contributed by atoms with Crippen LogP contribution in [-0.2, 0) is 4.79 Å². The van der Waals surface area contributed by atoms with E-state index in [4.69, 9.17) is 0 Å². The molecule has 1 unspecified atom stereocenters. The SMILES string of the molecule is CCNC(=O)C(C)NC(=O)c1ccc(Br)cc1O. The van der Waals surface area contributed by atoms with Crippen molar-refractivity contribution < 1.29 is 14.7 Å². The molecule has 0 aliphatic heterocycles. The van der Waals surface area contributed by atoms with E-state index in [-0.39, 0.29) is 17.2 Å². The van der Waals surface area contributed by atoms with Crippen molar-refractivity contribution in [2.45, 2.75) is 19.9 Å². The van der Waals surface area contributed by atoms with E-state index < -0.39 is 11.9 Å². The minimum Gasteiger partial charge on any atom is -0.507 e. The minimum atomic E-state index is -0.652. The molecule has 0 saturated carbocycles. The molecule has 2 amide bonds. The van der Waals surface area contributed by atoms with Crippen LogP contribution in [0.2, 0.25) is 0 Å². The molecule has 0 aliphatic carbocycles. The number of phenols is 1. The topological polar surface area (TPSA) is 78.4 Å². The lowest BCUT2D eigenvalue weighted by molar-refractivity contribution is -0.122. The lowest BCUT2D eigenvalue weighted by atomic mass is 10.1. The van der Waals surface area contributed by atoms with Crippen LogP contribution in [0.1, 0.15) is 24.2 Å². The number of amides is 2. The largest absolute Gasteiger partial charge is 0.507 e. The number of carbonyl (C=O) groups excluding carboxylic acids is 2. The Kier molecular flexibility index (Phi) is 5.15. The summed E-state index contributed by atoms with van der Waals surface area (Å²) in [5.74, 6) is -0.883. The summed E-state index contributed by atoms with van der Waals surface area (Å²) in [4.78, 5) is 23.3. The Morgan fingerprint density at radius 1 is 1.44 bits per heavy atom. The summed E-state index contributed by atoms with van der Waals surface area (Å²) in [5.41, 5.74) is 0.134. The van der Waals surface area contributed by atoms with Gasteiger partial charge in [-0.25, -0.2) is 0 Å². The molecule has 5 nitrogen and oxygen atoms in total. The molecule has 1 rings (SSSR count). The average molecular weight is 315 g/mol. The van der Waals surface area contributed by atoms with Crippen molar-refractivity contribution in [3.63, 3.8) is 0 Å². The number of rotatable bonds is 4. The molecule has 3 N–H and O–H groups in total. The first-order chi connectivity index (χ1) is 8.45. The number of aromatic hydroxyl groups is 1. The maximum absolute atomic E-state index is 11.8.